The summed E-state index contributed by atoms with van der Waals surface area (Å²) in [6.07, 6.45) is 2.15. The van der Waals surface area contributed by atoms with Crippen LogP contribution in [0.25, 0.3) is 0 Å². The number of ether oxygens (including phenoxy) is 1. The first kappa shape index (κ1) is 12.9. The summed E-state index contributed by atoms with van der Waals surface area (Å²) < 4.78 is 5.37. The molecule has 0 rings (SSSR count). The van der Waals surface area contributed by atoms with Crippen molar-refractivity contribution in [1.82, 2.24) is 4.90 Å². The minimum absolute atomic E-state index is 0.160. The summed E-state index contributed by atoms with van der Waals surface area (Å²) in [5.74, 6) is 0. The molecule has 0 aliphatic rings. The average Bonchev–Trinajstić information content (AvgIpc) is 2.12. The average molecular weight is 188 g/mol. The summed E-state index contributed by atoms with van der Waals surface area (Å²) in [5, 5.41) is 0. The summed E-state index contributed by atoms with van der Waals surface area (Å²) in [6.45, 7) is 4.28. The fourth-order valence-electron chi connectivity index (χ4n) is 1.26. The highest BCUT2D eigenvalue weighted by Gasteiger charge is 2.19. The van der Waals surface area contributed by atoms with Crippen LogP contribution in [0.1, 0.15) is 26.7 Å². The number of rotatable bonds is 6. The van der Waals surface area contributed by atoms with Gasteiger partial charge in [-0.15, -0.1) is 0 Å². The summed E-state index contributed by atoms with van der Waals surface area (Å²) in [7, 11) is 5.90. The van der Waals surface area contributed by atoms with Crippen molar-refractivity contribution in [3.05, 3.63) is 0 Å². The van der Waals surface area contributed by atoms with Crippen LogP contribution in [0.15, 0.2) is 0 Å². The van der Waals surface area contributed by atoms with E-state index in [-0.39, 0.29) is 12.1 Å². The Morgan fingerprint density at radius 1 is 1.38 bits per heavy atom. The SMILES string of the molecule is CCC(N)C(CC(C)N(C)C)OC. The van der Waals surface area contributed by atoms with E-state index in [2.05, 4.69) is 32.8 Å². The molecule has 2 N–H and O–H groups in total. The number of nitrogens with two attached hydrogens (primary N) is 1. The molecule has 0 radical (unpaired) electrons. The van der Waals surface area contributed by atoms with Crippen molar-refractivity contribution in [3.8, 4) is 0 Å². The molecule has 0 aromatic rings. The van der Waals surface area contributed by atoms with Crippen molar-refractivity contribution in [2.24, 2.45) is 5.73 Å². The maximum atomic E-state index is 5.93. The van der Waals surface area contributed by atoms with Crippen LogP contribution in [-0.2, 0) is 4.74 Å². The van der Waals surface area contributed by atoms with E-state index in [0.717, 1.165) is 12.8 Å². The molecular weight excluding hydrogens is 164 g/mol. The number of methoxy groups -OCH3 is 1. The third-order valence-electron chi connectivity index (χ3n) is 2.71. The van der Waals surface area contributed by atoms with E-state index < -0.39 is 0 Å². The molecule has 0 aromatic carbocycles. The van der Waals surface area contributed by atoms with Gasteiger partial charge in [0.15, 0.2) is 0 Å². The number of hydrogen-bond acceptors (Lipinski definition) is 3. The normalized spacial score (nSPS) is 18.7. The zero-order valence-corrected chi connectivity index (χ0v) is 9.58. The highest BCUT2D eigenvalue weighted by atomic mass is 16.5. The van der Waals surface area contributed by atoms with Crippen LogP contribution in [0.2, 0.25) is 0 Å². The largest absolute Gasteiger partial charge is 0.380 e. The lowest BCUT2D eigenvalue weighted by atomic mass is 10.0. The summed E-state index contributed by atoms with van der Waals surface area (Å²) in [5.41, 5.74) is 5.93. The van der Waals surface area contributed by atoms with Crippen LogP contribution >= 0.6 is 0 Å². The standard InChI is InChI=1S/C10H24N2O/c1-6-9(11)10(13-5)7-8(2)12(3)4/h8-10H,6-7,11H2,1-5H3. The van der Waals surface area contributed by atoms with E-state index in [1.165, 1.54) is 0 Å². The number of hydrogen-bond donors (Lipinski definition) is 1. The Balaban J connectivity index is 3.97. The predicted molar refractivity (Wildman–Crippen MR) is 56.8 cm³/mol. The minimum atomic E-state index is 0.160. The van der Waals surface area contributed by atoms with E-state index >= 15 is 0 Å². The summed E-state index contributed by atoms with van der Waals surface area (Å²) in [6, 6.07) is 0.676. The fraction of sp³-hybridized carbons (Fsp3) is 1.00. The zero-order valence-electron chi connectivity index (χ0n) is 9.58. The third kappa shape index (κ3) is 4.60. The molecule has 80 valence electrons. The van der Waals surface area contributed by atoms with Crippen molar-refractivity contribution >= 4 is 0 Å². The fourth-order valence-corrected chi connectivity index (χ4v) is 1.26. The lowest BCUT2D eigenvalue weighted by Crippen LogP contribution is -2.40. The molecular formula is C10H24N2O. The van der Waals surface area contributed by atoms with E-state index in [4.69, 9.17) is 10.5 Å². The van der Waals surface area contributed by atoms with Crippen LogP contribution in [0.5, 0.6) is 0 Å². The van der Waals surface area contributed by atoms with Crippen LogP contribution in [0.3, 0.4) is 0 Å². The van der Waals surface area contributed by atoms with Crippen molar-refractivity contribution < 1.29 is 4.74 Å². The lowest BCUT2D eigenvalue weighted by molar-refractivity contribution is 0.0535. The van der Waals surface area contributed by atoms with Gasteiger partial charge in [-0.25, -0.2) is 0 Å². The van der Waals surface area contributed by atoms with Gasteiger partial charge in [-0.3, -0.25) is 0 Å². The predicted octanol–water partition coefficient (Wildman–Crippen LogP) is 1.08. The van der Waals surface area contributed by atoms with Crippen LogP contribution in [0, 0.1) is 0 Å². The lowest BCUT2D eigenvalue weighted by Gasteiger charge is -2.27. The van der Waals surface area contributed by atoms with Gasteiger partial charge in [0.25, 0.3) is 0 Å². The third-order valence-corrected chi connectivity index (χ3v) is 2.71. The molecule has 0 aromatic heterocycles. The van der Waals surface area contributed by atoms with Gasteiger partial charge in [-0.05, 0) is 33.9 Å². The van der Waals surface area contributed by atoms with Gasteiger partial charge in [0, 0.05) is 19.2 Å². The second-order valence-corrected chi connectivity index (χ2v) is 3.89. The van der Waals surface area contributed by atoms with Gasteiger partial charge in [-0.1, -0.05) is 6.92 Å². The summed E-state index contributed by atoms with van der Waals surface area (Å²) in [4.78, 5) is 2.19. The molecule has 3 atom stereocenters. The van der Waals surface area contributed by atoms with Gasteiger partial charge in [-0.2, -0.15) is 0 Å². The molecule has 0 saturated heterocycles. The molecule has 0 aliphatic carbocycles. The number of nitrogens with zero attached hydrogens (tertiary/aromatic N) is 1. The highest BCUT2D eigenvalue weighted by Crippen LogP contribution is 2.10. The Labute approximate surface area is 82.2 Å². The minimum Gasteiger partial charge on any atom is -0.380 e. The van der Waals surface area contributed by atoms with Crippen molar-refractivity contribution in [3.63, 3.8) is 0 Å². The maximum absolute atomic E-state index is 5.93. The molecule has 3 unspecified atom stereocenters. The van der Waals surface area contributed by atoms with Crippen LogP contribution in [-0.4, -0.2) is 44.3 Å². The molecule has 0 aliphatic heterocycles. The maximum Gasteiger partial charge on any atom is 0.0736 e. The smallest absolute Gasteiger partial charge is 0.0736 e. The van der Waals surface area contributed by atoms with Gasteiger partial charge in [0.2, 0.25) is 0 Å². The van der Waals surface area contributed by atoms with Gasteiger partial charge in [0.1, 0.15) is 0 Å². The van der Waals surface area contributed by atoms with Gasteiger partial charge in [0.05, 0.1) is 6.10 Å². The molecule has 0 saturated carbocycles. The van der Waals surface area contributed by atoms with E-state index in [0.29, 0.717) is 6.04 Å². The van der Waals surface area contributed by atoms with Crippen molar-refractivity contribution in [1.29, 1.82) is 0 Å². The first-order valence-electron chi connectivity index (χ1n) is 4.97. The molecule has 0 bridgehead atoms. The van der Waals surface area contributed by atoms with Crippen LogP contribution in [0.4, 0.5) is 0 Å². The molecule has 3 heteroatoms. The Morgan fingerprint density at radius 3 is 2.23 bits per heavy atom. The van der Waals surface area contributed by atoms with Crippen molar-refractivity contribution in [2.75, 3.05) is 21.2 Å². The molecule has 0 amide bonds. The Bertz CT molecular complexity index is 128. The van der Waals surface area contributed by atoms with Gasteiger partial charge >= 0.3 is 0 Å². The van der Waals surface area contributed by atoms with Crippen LogP contribution < -0.4 is 5.73 Å². The van der Waals surface area contributed by atoms with Crippen molar-refractivity contribution in [2.45, 2.75) is 44.9 Å². The van der Waals surface area contributed by atoms with Gasteiger partial charge < -0.3 is 15.4 Å². The van der Waals surface area contributed by atoms with E-state index in [9.17, 15) is 0 Å². The quantitative estimate of drug-likeness (QED) is 0.678. The zero-order chi connectivity index (χ0) is 10.4. The first-order valence-corrected chi connectivity index (χ1v) is 4.97. The Kier molecular flexibility index (Phi) is 6.29. The highest BCUT2D eigenvalue weighted by molar-refractivity contribution is 4.76. The Morgan fingerprint density at radius 2 is 1.92 bits per heavy atom. The second-order valence-electron chi connectivity index (χ2n) is 3.89. The monoisotopic (exact) mass is 188 g/mol. The first-order chi connectivity index (χ1) is 6.02. The molecule has 3 nitrogen and oxygen atoms in total. The van der Waals surface area contributed by atoms with E-state index in [1.807, 2.05) is 0 Å². The Hall–Kier alpha value is -0.120. The topological polar surface area (TPSA) is 38.5 Å². The molecule has 0 spiro atoms. The summed E-state index contributed by atoms with van der Waals surface area (Å²) >= 11 is 0. The molecule has 0 heterocycles. The molecule has 0 fully saturated rings. The van der Waals surface area contributed by atoms with E-state index in [1.54, 1.807) is 7.11 Å². The second kappa shape index (κ2) is 6.35. The molecule has 13 heavy (non-hydrogen) atoms.